The van der Waals surface area contributed by atoms with Gasteiger partial charge in [0.15, 0.2) is 0 Å². The Labute approximate surface area is 124 Å². The minimum Gasteiger partial charge on any atom is -0.381 e. The molecule has 0 saturated heterocycles. The molecule has 0 unspecified atom stereocenters. The highest BCUT2D eigenvalue weighted by atomic mass is 32.2. The second-order valence-electron chi connectivity index (χ2n) is 4.94. The minimum atomic E-state index is -3.90. The molecule has 0 heterocycles. The van der Waals surface area contributed by atoms with Gasteiger partial charge in [0.1, 0.15) is 22.3 Å². The molecule has 0 aliphatic rings. The Morgan fingerprint density at radius 1 is 1.43 bits per heavy atom. The van der Waals surface area contributed by atoms with Crippen LogP contribution in [0.15, 0.2) is 23.1 Å². The lowest BCUT2D eigenvalue weighted by Gasteiger charge is -2.09. The van der Waals surface area contributed by atoms with Crippen LogP contribution >= 0.6 is 0 Å². The third-order valence-corrected chi connectivity index (χ3v) is 4.09. The molecule has 7 heteroatoms. The highest BCUT2D eigenvalue weighted by Gasteiger charge is 2.20. The molecule has 21 heavy (non-hydrogen) atoms. The topological polar surface area (TPSA) is 79.2 Å². The van der Waals surface area contributed by atoms with Crippen molar-refractivity contribution in [3.8, 4) is 6.07 Å². The predicted octanol–water partition coefficient (Wildman–Crippen LogP) is 2.04. The summed E-state index contributed by atoms with van der Waals surface area (Å²) in [5.74, 6) is -0.423. The van der Waals surface area contributed by atoms with E-state index in [0.29, 0.717) is 25.6 Å². The van der Waals surface area contributed by atoms with Crippen LogP contribution in [0, 0.1) is 23.1 Å². The molecule has 0 aliphatic heterocycles. The maximum Gasteiger partial charge on any atom is 0.241 e. The monoisotopic (exact) mass is 314 g/mol. The Morgan fingerprint density at radius 2 is 2.14 bits per heavy atom. The summed E-state index contributed by atoms with van der Waals surface area (Å²) < 4.78 is 45.2. The van der Waals surface area contributed by atoms with Crippen molar-refractivity contribution in [2.45, 2.75) is 25.2 Å². The average molecular weight is 314 g/mol. The van der Waals surface area contributed by atoms with Gasteiger partial charge in [-0.15, -0.1) is 0 Å². The number of nitrogens with one attached hydrogen (secondary N) is 1. The maximum atomic E-state index is 13.4. The lowest BCUT2D eigenvalue weighted by molar-refractivity contribution is 0.108. The van der Waals surface area contributed by atoms with Crippen molar-refractivity contribution in [1.29, 1.82) is 5.26 Å². The van der Waals surface area contributed by atoms with Crippen molar-refractivity contribution >= 4 is 10.0 Å². The van der Waals surface area contributed by atoms with E-state index < -0.39 is 21.4 Å². The van der Waals surface area contributed by atoms with Crippen LogP contribution in [0.4, 0.5) is 4.39 Å². The van der Waals surface area contributed by atoms with E-state index in [0.717, 1.165) is 6.07 Å². The van der Waals surface area contributed by atoms with Crippen LogP contribution in [0.3, 0.4) is 0 Å². The van der Waals surface area contributed by atoms with Crippen LogP contribution in [0.1, 0.15) is 25.8 Å². The van der Waals surface area contributed by atoms with Crippen LogP contribution < -0.4 is 4.72 Å². The fourth-order valence-corrected chi connectivity index (χ4v) is 2.85. The Bertz CT molecular complexity index is 609. The molecule has 1 aromatic rings. The standard InChI is InChI=1S/C14H19FN2O3S/c1-11(2)10-20-8-4-7-17-21(18,19)14-6-3-5-13(15)12(14)9-16/h3,5-6,11,17H,4,7-8,10H2,1-2H3. The quantitative estimate of drug-likeness (QED) is 0.745. The van der Waals surface area contributed by atoms with Crippen LogP contribution in [0.2, 0.25) is 0 Å². The van der Waals surface area contributed by atoms with Crippen molar-refractivity contribution in [2.75, 3.05) is 19.8 Å². The fraction of sp³-hybridized carbons (Fsp3) is 0.500. The van der Waals surface area contributed by atoms with E-state index in [4.69, 9.17) is 10.00 Å². The number of nitriles is 1. The molecule has 0 aromatic heterocycles. The van der Waals surface area contributed by atoms with Gasteiger partial charge in [-0.2, -0.15) is 5.26 Å². The summed E-state index contributed by atoms with van der Waals surface area (Å²) in [7, 11) is -3.90. The van der Waals surface area contributed by atoms with Gasteiger partial charge < -0.3 is 4.74 Å². The number of nitrogens with zero attached hydrogens (tertiary/aromatic N) is 1. The van der Waals surface area contributed by atoms with Gasteiger partial charge >= 0.3 is 0 Å². The van der Waals surface area contributed by atoms with Gasteiger partial charge in [0.2, 0.25) is 10.0 Å². The molecular formula is C14H19FN2O3S. The molecule has 1 aromatic carbocycles. The second-order valence-corrected chi connectivity index (χ2v) is 6.68. The molecule has 0 saturated carbocycles. The zero-order valence-corrected chi connectivity index (χ0v) is 12.9. The third kappa shape index (κ3) is 5.42. The number of ether oxygens (including phenoxy) is 1. The highest BCUT2D eigenvalue weighted by Crippen LogP contribution is 2.17. The summed E-state index contributed by atoms with van der Waals surface area (Å²) >= 11 is 0. The smallest absolute Gasteiger partial charge is 0.241 e. The number of benzene rings is 1. The summed E-state index contributed by atoms with van der Waals surface area (Å²) in [6.45, 7) is 5.28. The first-order chi connectivity index (χ1) is 9.88. The van der Waals surface area contributed by atoms with Crippen molar-refractivity contribution in [2.24, 2.45) is 5.92 Å². The van der Waals surface area contributed by atoms with Crippen LogP contribution in [0.25, 0.3) is 0 Å². The van der Waals surface area contributed by atoms with Crippen molar-refractivity contribution in [1.82, 2.24) is 4.72 Å². The van der Waals surface area contributed by atoms with Crippen LogP contribution in [-0.4, -0.2) is 28.2 Å². The van der Waals surface area contributed by atoms with E-state index in [2.05, 4.69) is 4.72 Å². The van der Waals surface area contributed by atoms with E-state index in [9.17, 15) is 12.8 Å². The van der Waals surface area contributed by atoms with Gasteiger partial charge in [0.25, 0.3) is 0 Å². The molecule has 0 radical (unpaired) electrons. The van der Waals surface area contributed by atoms with E-state index in [1.54, 1.807) is 6.07 Å². The number of hydrogen-bond acceptors (Lipinski definition) is 4. The number of sulfonamides is 1. The first-order valence-corrected chi connectivity index (χ1v) is 8.13. The van der Waals surface area contributed by atoms with Gasteiger partial charge in [-0.1, -0.05) is 19.9 Å². The van der Waals surface area contributed by atoms with E-state index in [1.807, 2.05) is 13.8 Å². The Balaban J connectivity index is 2.59. The maximum absolute atomic E-state index is 13.4. The Hall–Kier alpha value is -1.49. The fourth-order valence-electron chi connectivity index (χ4n) is 1.61. The number of halogens is 1. The van der Waals surface area contributed by atoms with Gasteiger partial charge in [-0.25, -0.2) is 17.5 Å². The number of rotatable bonds is 8. The average Bonchev–Trinajstić information content (AvgIpc) is 2.42. The van der Waals surface area contributed by atoms with Crippen molar-refractivity contribution in [3.63, 3.8) is 0 Å². The third-order valence-electron chi connectivity index (χ3n) is 2.59. The lowest BCUT2D eigenvalue weighted by Crippen LogP contribution is -2.26. The predicted molar refractivity (Wildman–Crippen MR) is 76.6 cm³/mol. The molecule has 0 atom stereocenters. The summed E-state index contributed by atoms with van der Waals surface area (Å²) in [4.78, 5) is -0.340. The summed E-state index contributed by atoms with van der Waals surface area (Å²) in [5, 5.41) is 8.85. The zero-order valence-electron chi connectivity index (χ0n) is 12.1. The van der Waals surface area contributed by atoms with E-state index in [1.165, 1.54) is 12.1 Å². The molecule has 0 amide bonds. The molecule has 1 rings (SSSR count). The van der Waals surface area contributed by atoms with Gasteiger partial charge in [0.05, 0.1) is 0 Å². The number of hydrogen-bond donors (Lipinski definition) is 1. The van der Waals surface area contributed by atoms with Crippen molar-refractivity contribution < 1.29 is 17.5 Å². The zero-order chi connectivity index (χ0) is 15.9. The normalized spacial score (nSPS) is 11.6. The lowest BCUT2D eigenvalue weighted by atomic mass is 10.2. The summed E-state index contributed by atoms with van der Waals surface area (Å²) in [5.41, 5.74) is -0.471. The Morgan fingerprint density at radius 3 is 2.76 bits per heavy atom. The van der Waals surface area contributed by atoms with Gasteiger partial charge in [-0.05, 0) is 24.5 Å². The molecule has 5 nitrogen and oxygen atoms in total. The molecule has 0 spiro atoms. The molecule has 1 N–H and O–H groups in total. The first kappa shape index (κ1) is 17.6. The molecule has 116 valence electrons. The largest absolute Gasteiger partial charge is 0.381 e. The molecular weight excluding hydrogens is 295 g/mol. The van der Waals surface area contributed by atoms with Crippen molar-refractivity contribution in [3.05, 3.63) is 29.6 Å². The first-order valence-electron chi connectivity index (χ1n) is 6.64. The van der Waals surface area contributed by atoms with Crippen LogP contribution in [0.5, 0.6) is 0 Å². The molecule has 0 aliphatic carbocycles. The van der Waals surface area contributed by atoms with Gasteiger partial charge in [0, 0.05) is 19.8 Å². The second kappa shape index (κ2) is 8.08. The van der Waals surface area contributed by atoms with E-state index >= 15 is 0 Å². The summed E-state index contributed by atoms with van der Waals surface area (Å²) in [6.07, 6.45) is 0.503. The minimum absolute atomic E-state index is 0.168. The summed E-state index contributed by atoms with van der Waals surface area (Å²) in [6, 6.07) is 5.10. The highest BCUT2D eigenvalue weighted by molar-refractivity contribution is 7.89. The van der Waals surface area contributed by atoms with Gasteiger partial charge in [-0.3, -0.25) is 0 Å². The Kier molecular flexibility index (Phi) is 6.75. The van der Waals surface area contributed by atoms with Crippen LogP contribution in [-0.2, 0) is 14.8 Å². The molecule has 0 bridgehead atoms. The molecule has 0 fully saturated rings. The van der Waals surface area contributed by atoms with E-state index in [-0.39, 0.29) is 11.4 Å². The SMILES string of the molecule is CC(C)COCCCNS(=O)(=O)c1cccc(F)c1C#N.